The maximum absolute atomic E-state index is 11.8. The third kappa shape index (κ3) is 11.3. The molecule has 0 aliphatic carbocycles. The predicted octanol–water partition coefficient (Wildman–Crippen LogP) is 1.74. The molecule has 0 aromatic carbocycles. The van der Waals surface area contributed by atoms with Crippen LogP contribution in [0.3, 0.4) is 0 Å². The first-order valence-corrected chi connectivity index (χ1v) is 7.60. The number of hydrogen-bond donors (Lipinski definition) is 2. The van der Waals surface area contributed by atoms with E-state index in [2.05, 4.69) is 32.7 Å². The van der Waals surface area contributed by atoms with Crippen LogP contribution in [0.5, 0.6) is 0 Å². The molecular formula is C16H30N2O4. The Morgan fingerprint density at radius 3 is 2.50 bits per heavy atom. The molecule has 0 aliphatic rings. The van der Waals surface area contributed by atoms with Gasteiger partial charge in [-0.1, -0.05) is 33.4 Å². The summed E-state index contributed by atoms with van der Waals surface area (Å²) in [5, 5.41) is 2.82. The minimum Gasteiger partial charge on any atom is -0.465 e. The number of nitrogens with one attached hydrogen (secondary N) is 1. The minimum absolute atomic E-state index is 0.0184. The maximum Gasteiger partial charge on any atom is 0.322 e. The molecule has 0 radical (unpaired) electrons. The van der Waals surface area contributed by atoms with E-state index in [0.717, 1.165) is 12.8 Å². The Balaban J connectivity index is 3.93. The fourth-order valence-corrected chi connectivity index (χ4v) is 1.74. The molecular weight excluding hydrogens is 284 g/mol. The average molecular weight is 314 g/mol. The largest absolute Gasteiger partial charge is 0.465 e. The number of esters is 2. The van der Waals surface area contributed by atoms with Crippen LogP contribution in [-0.4, -0.2) is 37.4 Å². The Labute approximate surface area is 133 Å². The van der Waals surface area contributed by atoms with E-state index >= 15 is 0 Å². The van der Waals surface area contributed by atoms with Gasteiger partial charge in [0.15, 0.2) is 0 Å². The van der Waals surface area contributed by atoms with Gasteiger partial charge in [0.2, 0.25) is 0 Å². The van der Waals surface area contributed by atoms with E-state index < -0.39 is 18.2 Å². The molecule has 0 fully saturated rings. The standard InChI is InChI=1S/C16H30N2O4/c1-6-9-21-14(19)11-13(17)18-12(2)15(20)22-10-7-8-16(3,4)5/h6,12-13,18H,1,7-11,17H2,2-5H3. The molecule has 3 N–H and O–H groups in total. The highest BCUT2D eigenvalue weighted by Crippen LogP contribution is 2.20. The van der Waals surface area contributed by atoms with Crippen molar-refractivity contribution in [2.75, 3.05) is 13.2 Å². The normalized spacial score (nSPS) is 14.0. The molecule has 6 nitrogen and oxygen atoms in total. The average Bonchev–Trinajstić information content (AvgIpc) is 2.39. The summed E-state index contributed by atoms with van der Waals surface area (Å²) in [6.45, 7) is 12.1. The zero-order chi connectivity index (χ0) is 17.2. The molecule has 0 aromatic rings. The first kappa shape index (κ1) is 20.6. The third-order valence-electron chi connectivity index (χ3n) is 2.88. The molecule has 0 saturated carbocycles. The smallest absolute Gasteiger partial charge is 0.322 e. The van der Waals surface area contributed by atoms with E-state index in [9.17, 15) is 9.59 Å². The van der Waals surface area contributed by atoms with Crippen molar-refractivity contribution < 1.29 is 19.1 Å². The summed E-state index contributed by atoms with van der Waals surface area (Å²) < 4.78 is 10.0. The molecule has 0 aliphatic heterocycles. The summed E-state index contributed by atoms with van der Waals surface area (Å²) in [6, 6.07) is -0.572. The summed E-state index contributed by atoms with van der Waals surface area (Å²) >= 11 is 0. The van der Waals surface area contributed by atoms with Crippen LogP contribution in [0, 0.1) is 5.41 Å². The van der Waals surface area contributed by atoms with Crippen molar-refractivity contribution in [2.24, 2.45) is 11.1 Å². The van der Waals surface area contributed by atoms with E-state index in [0.29, 0.717) is 6.61 Å². The van der Waals surface area contributed by atoms with Crippen LogP contribution in [0.25, 0.3) is 0 Å². The Bertz CT molecular complexity index is 364. The molecule has 6 heteroatoms. The second kappa shape index (κ2) is 10.3. The van der Waals surface area contributed by atoms with Gasteiger partial charge in [-0.05, 0) is 25.2 Å². The fraction of sp³-hybridized carbons (Fsp3) is 0.750. The first-order chi connectivity index (χ1) is 10.2. The number of hydrogen-bond acceptors (Lipinski definition) is 6. The summed E-state index contributed by atoms with van der Waals surface area (Å²) in [6.07, 6.45) is 2.61. The number of rotatable bonds is 10. The summed E-state index contributed by atoms with van der Waals surface area (Å²) in [4.78, 5) is 23.2. The maximum atomic E-state index is 11.8. The molecule has 22 heavy (non-hydrogen) atoms. The molecule has 0 amide bonds. The number of carbonyl (C=O) groups is 2. The Morgan fingerprint density at radius 1 is 1.32 bits per heavy atom. The lowest BCUT2D eigenvalue weighted by Crippen LogP contribution is -2.48. The summed E-state index contributed by atoms with van der Waals surface area (Å²) in [5.41, 5.74) is 5.98. The van der Waals surface area contributed by atoms with Crippen LogP contribution in [0.15, 0.2) is 12.7 Å². The van der Waals surface area contributed by atoms with Crippen molar-refractivity contribution in [1.29, 1.82) is 0 Å². The fourth-order valence-electron chi connectivity index (χ4n) is 1.74. The molecule has 2 atom stereocenters. The van der Waals surface area contributed by atoms with Crippen molar-refractivity contribution in [3.63, 3.8) is 0 Å². The minimum atomic E-state index is -0.658. The number of carbonyl (C=O) groups excluding carboxylic acids is 2. The molecule has 0 heterocycles. The number of ether oxygens (including phenoxy) is 2. The highest BCUT2D eigenvalue weighted by molar-refractivity contribution is 5.75. The van der Waals surface area contributed by atoms with Gasteiger partial charge in [0.05, 0.1) is 19.2 Å². The van der Waals surface area contributed by atoms with E-state index in [4.69, 9.17) is 15.2 Å². The van der Waals surface area contributed by atoms with E-state index in [1.807, 2.05) is 0 Å². The molecule has 128 valence electrons. The van der Waals surface area contributed by atoms with Gasteiger partial charge < -0.3 is 15.2 Å². The highest BCUT2D eigenvalue weighted by Gasteiger charge is 2.19. The Kier molecular flexibility index (Phi) is 9.69. The van der Waals surface area contributed by atoms with Crippen LogP contribution in [0.4, 0.5) is 0 Å². The second-order valence-electron chi connectivity index (χ2n) is 6.50. The Hall–Kier alpha value is -1.40. The number of nitrogens with two attached hydrogens (primary N) is 1. The molecule has 2 unspecified atom stereocenters. The van der Waals surface area contributed by atoms with Gasteiger partial charge in [-0.2, -0.15) is 0 Å². The SMILES string of the molecule is C=CCOC(=O)CC(N)NC(C)C(=O)OCCCC(C)(C)C. The lowest BCUT2D eigenvalue weighted by atomic mass is 9.91. The van der Waals surface area contributed by atoms with Crippen LogP contribution >= 0.6 is 0 Å². The van der Waals surface area contributed by atoms with E-state index in [-0.39, 0.29) is 24.4 Å². The van der Waals surface area contributed by atoms with E-state index in [1.54, 1.807) is 6.92 Å². The monoisotopic (exact) mass is 314 g/mol. The van der Waals surface area contributed by atoms with Crippen molar-refractivity contribution in [3.05, 3.63) is 12.7 Å². The van der Waals surface area contributed by atoms with Crippen LogP contribution in [0.1, 0.15) is 47.0 Å². The van der Waals surface area contributed by atoms with Gasteiger partial charge in [-0.3, -0.25) is 14.9 Å². The van der Waals surface area contributed by atoms with Gasteiger partial charge in [0.1, 0.15) is 12.6 Å². The van der Waals surface area contributed by atoms with Gasteiger partial charge in [0, 0.05) is 0 Å². The Morgan fingerprint density at radius 2 is 1.95 bits per heavy atom. The summed E-state index contributed by atoms with van der Waals surface area (Å²) in [7, 11) is 0. The van der Waals surface area contributed by atoms with Gasteiger partial charge in [0.25, 0.3) is 0 Å². The topological polar surface area (TPSA) is 90.6 Å². The zero-order valence-electron chi connectivity index (χ0n) is 14.2. The molecule has 0 rings (SSSR count). The molecule has 0 spiro atoms. The van der Waals surface area contributed by atoms with Gasteiger partial charge >= 0.3 is 11.9 Å². The highest BCUT2D eigenvalue weighted by atomic mass is 16.5. The zero-order valence-corrected chi connectivity index (χ0v) is 14.2. The van der Waals surface area contributed by atoms with Crippen LogP contribution < -0.4 is 11.1 Å². The van der Waals surface area contributed by atoms with Crippen molar-refractivity contribution in [3.8, 4) is 0 Å². The van der Waals surface area contributed by atoms with Crippen molar-refractivity contribution in [2.45, 2.75) is 59.2 Å². The quantitative estimate of drug-likeness (QED) is 0.276. The van der Waals surface area contributed by atoms with Crippen molar-refractivity contribution in [1.82, 2.24) is 5.32 Å². The second-order valence-corrected chi connectivity index (χ2v) is 6.50. The van der Waals surface area contributed by atoms with Crippen LogP contribution in [0.2, 0.25) is 0 Å². The van der Waals surface area contributed by atoms with Crippen LogP contribution in [-0.2, 0) is 19.1 Å². The predicted molar refractivity (Wildman–Crippen MR) is 86.0 cm³/mol. The lowest BCUT2D eigenvalue weighted by molar-refractivity contribution is -0.147. The summed E-state index contributed by atoms with van der Waals surface area (Å²) in [5.74, 6) is -0.811. The molecule has 0 saturated heterocycles. The first-order valence-electron chi connectivity index (χ1n) is 7.60. The van der Waals surface area contributed by atoms with E-state index in [1.165, 1.54) is 6.08 Å². The molecule has 0 aromatic heterocycles. The van der Waals surface area contributed by atoms with Gasteiger partial charge in [-0.25, -0.2) is 0 Å². The lowest BCUT2D eigenvalue weighted by Gasteiger charge is -2.20. The molecule has 0 bridgehead atoms. The van der Waals surface area contributed by atoms with Gasteiger partial charge in [-0.15, -0.1) is 0 Å². The third-order valence-corrected chi connectivity index (χ3v) is 2.88. The van der Waals surface area contributed by atoms with Crippen molar-refractivity contribution >= 4 is 11.9 Å².